The van der Waals surface area contributed by atoms with Crippen LogP contribution in [0.2, 0.25) is 0 Å². The van der Waals surface area contributed by atoms with Crippen molar-refractivity contribution in [1.82, 2.24) is 9.80 Å². The molecule has 23 heavy (non-hydrogen) atoms. The van der Waals surface area contributed by atoms with Crippen molar-refractivity contribution in [3.63, 3.8) is 0 Å². The first-order chi connectivity index (χ1) is 11.0. The number of hydrogen-bond donors (Lipinski definition) is 0. The summed E-state index contributed by atoms with van der Waals surface area (Å²) in [4.78, 5) is 28.6. The number of nitrogens with zero attached hydrogens (tertiary/aromatic N) is 2. The van der Waals surface area contributed by atoms with Gasteiger partial charge in [0.1, 0.15) is 5.82 Å². The molecule has 5 heteroatoms. The summed E-state index contributed by atoms with van der Waals surface area (Å²) in [6, 6.07) is 6.40. The topological polar surface area (TPSA) is 40.6 Å². The van der Waals surface area contributed by atoms with Crippen molar-refractivity contribution in [2.75, 3.05) is 19.6 Å². The van der Waals surface area contributed by atoms with Crippen LogP contribution in [0.25, 0.3) is 0 Å². The SMILES string of the molecule is CC1CC1C(=O)N1C[C@@H]2CN(Cc3cccc(F)c3)C(=O)[C@@H]2C1. The summed E-state index contributed by atoms with van der Waals surface area (Å²) in [5, 5.41) is 0. The standard InChI is InChI=1S/C18H21FN2O2/c1-11-5-15(11)17(22)21-9-13-8-20(18(23)16(13)10-21)7-12-3-2-4-14(19)6-12/h2-4,6,11,13,15-16H,5,7-10H2,1H3/t11?,13-,15?,16+/m0/s1. The third kappa shape index (κ3) is 2.62. The fraction of sp³-hybridized carbons (Fsp3) is 0.556. The van der Waals surface area contributed by atoms with Gasteiger partial charge in [0.15, 0.2) is 0 Å². The number of halogens is 1. The van der Waals surface area contributed by atoms with Gasteiger partial charge in [0.2, 0.25) is 11.8 Å². The molecule has 2 unspecified atom stereocenters. The average molecular weight is 316 g/mol. The monoisotopic (exact) mass is 316 g/mol. The van der Waals surface area contributed by atoms with E-state index in [2.05, 4.69) is 6.92 Å². The van der Waals surface area contributed by atoms with Crippen LogP contribution in [0.4, 0.5) is 4.39 Å². The molecule has 1 aromatic rings. The molecule has 0 aromatic heterocycles. The number of amides is 2. The van der Waals surface area contributed by atoms with Crippen molar-refractivity contribution < 1.29 is 14.0 Å². The van der Waals surface area contributed by atoms with E-state index in [1.807, 2.05) is 15.9 Å². The Hall–Kier alpha value is -1.91. The van der Waals surface area contributed by atoms with Gasteiger partial charge in [0.05, 0.1) is 5.92 Å². The maximum absolute atomic E-state index is 13.3. The molecule has 0 bridgehead atoms. The highest BCUT2D eigenvalue weighted by Crippen LogP contribution is 2.41. The molecule has 0 radical (unpaired) electrons. The maximum Gasteiger partial charge on any atom is 0.228 e. The summed E-state index contributed by atoms with van der Waals surface area (Å²) in [5.74, 6) is 0.922. The van der Waals surface area contributed by atoms with Gasteiger partial charge < -0.3 is 9.80 Å². The first-order valence-electron chi connectivity index (χ1n) is 8.35. The number of hydrogen-bond acceptors (Lipinski definition) is 2. The zero-order chi connectivity index (χ0) is 16.1. The van der Waals surface area contributed by atoms with Crippen LogP contribution in [0.5, 0.6) is 0 Å². The van der Waals surface area contributed by atoms with E-state index in [4.69, 9.17) is 0 Å². The molecule has 3 fully saturated rings. The lowest BCUT2D eigenvalue weighted by atomic mass is 10.0. The number of carbonyl (C=O) groups is 2. The molecule has 4 atom stereocenters. The van der Waals surface area contributed by atoms with E-state index >= 15 is 0 Å². The van der Waals surface area contributed by atoms with Gasteiger partial charge >= 0.3 is 0 Å². The van der Waals surface area contributed by atoms with E-state index in [1.54, 1.807) is 6.07 Å². The van der Waals surface area contributed by atoms with Crippen LogP contribution < -0.4 is 0 Å². The van der Waals surface area contributed by atoms with Crippen molar-refractivity contribution in [2.24, 2.45) is 23.7 Å². The number of fused-ring (bicyclic) bond motifs is 1. The second-order valence-electron chi connectivity index (χ2n) is 7.28. The molecule has 2 saturated heterocycles. The van der Waals surface area contributed by atoms with Gasteiger partial charge in [-0.1, -0.05) is 19.1 Å². The molecule has 0 spiro atoms. The van der Waals surface area contributed by atoms with Crippen molar-refractivity contribution in [3.8, 4) is 0 Å². The Labute approximate surface area is 135 Å². The van der Waals surface area contributed by atoms with Gasteiger partial charge in [0.25, 0.3) is 0 Å². The molecule has 0 N–H and O–H groups in total. The Balaban J connectivity index is 1.39. The molecule has 122 valence electrons. The number of likely N-dealkylation sites (tertiary alicyclic amines) is 2. The first-order valence-corrected chi connectivity index (χ1v) is 8.35. The van der Waals surface area contributed by atoms with Crippen LogP contribution >= 0.6 is 0 Å². The molecular formula is C18H21FN2O2. The predicted octanol–water partition coefficient (Wildman–Crippen LogP) is 1.90. The molecule has 1 saturated carbocycles. The van der Waals surface area contributed by atoms with E-state index in [0.29, 0.717) is 32.1 Å². The Morgan fingerprint density at radius 3 is 2.74 bits per heavy atom. The largest absolute Gasteiger partial charge is 0.341 e. The van der Waals surface area contributed by atoms with Crippen LogP contribution in [0.1, 0.15) is 18.9 Å². The van der Waals surface area contributed by atoms with Crippen molar-refractivity contribution in [2.45, 2.75) is 19.9 Å². The predicted molar refractivity (Wildman–Crippen MR) is 82.6 cm³/mol. The van der Waals surface area contributed by atoms with Crippen LogP contribution in [0.3, 0.4) is 0 Å². The maximum atomic E-state index is 13.3. The quantitative estimate of drug-likeness (QED) is 0.854. The van der Waals surface area contributed by atoms with Crippen molar-refractivity contribution in [3.05, 3.63) is 35.6 Å². The fourth-order valence-corrected chi connectivity index (χ4v) is 4.02. The minimum absolute atomic E-state index is 0.0680. The summed E-state index contributed by atoms with van der Waals surface area (Å²) in [6.45, 7) is 4.48. The van der Waals surface area contributed by atoms with Crippen LogP contribution in [-0.2, 0) is 16.1 Å². The van der Waals surface area contributed by atoms with Crippen molar-refractivity contribution in [1.29, 1.82) is 0 Å². The Morgan fingerprint density at radius 2 is 2.09 bits per heavy atom. The van der Waals surface area contributed by atoms with E-state index in [0.717, 1.165) is 12.0 Å². The normalized spacial score (nSPS) is 32.3. The molecule has 2 amide bonds. The van der Waals surface area contributed by atoms with E-state index in [1.165, 1.54) is 12.1 Å². The lowest BCUT2D eigenvalue weighted by Gasteiger charge is -2.22. The first kappa shape index (κ1) is 14.7. The molecular weight excluding hydrogens is 295 g/mol. The highest BCUT2D eigenvalue weighted by Gasteiger charge is 2.50. The van der Waals surface area contributed by atoms with E-state index in [9.17, 15) is 14.0 Å². The van der Waals surface area contributed by atoms with Gasteiger partial charge in [-0.3, -0.25) is 9.59 Å². The van der Waals surface area contributed by atoms with E-state index < -0.39 is 0 Å². The van der Waals surface area contributed by atoms with Gasteiger partial charge in [-0.05, 0) is 30.0 Å². The minimum atomic E-state index is -0.273. The summed E-state index contributed by atoms with van der Waals surface area (Å²) in [7, 11) is 0. The molecule has 1 aliphatic carbocycles. The summed E-state index contributed by atoms with van der Waals surface area (Å²) in [5.41, 5.74) is 0.818. The van der Waals surface area contributed by atoms with Gasteiger partial charge in [-0.15, -0.1) is 0 Å². The third-order valence-corrected chi connectivity index (χ3v) is 5.53. The molecule has 1 aromatic carbocycles. The fourth-order valence-electron chi connectivity index (χ4n) is 4.02. The Bertz CT molecular complexity index is 662. The average Bonchev–Trinajstić information content (AvgIpc) is 2.99. The van der Waals surface area contributed by atoms with Crippen molar-refractivity contribution >= 4 is 11.8 Å². The second kappa shape index (κ2) is 5.32. The van der Waals surface area contributed by atoms with E-state index in [-0.39, 0.29) is 35.4 Å². The van der Waals surface area contributed by atoms with Gasteiger partial charge in [0, 0.05) is 38.0 Å². The number of carbonyl (C=O) groups excluding carboxylic acids is 2. The molecule has 2 aliphatic heterocycles. The zero-order valence-corrected chi connectivity index (χ0v) is 13.2. The lowest BCUT2D eigenvalue weighted by molar-refractivity contribution is -0.134. The van der Waals surface area contributed by atoms with Crippen LogP contribution in [0.15, 0.2) is 24.3 Å². The highest BCUT2D eigenvalue weighted by atomic mass is 19.1. The lowest BCUT2D eigenvalue weighted by Crippen LogP contribution is -2.36. The summed E-state index contributed by atoms with van der Waals surface area (Å²) < 4.78 is 13.3. The highest BCUT2D eigenvalue weighted by molar-refractivity contribution is 5.86. The third-order valence-electron chi connectivity index (χ3n) is 5.53. The van der Waals surface area contributed by atoms with Crippen LogP contribution in [-0.4, -0.2) is 41.2 Å². The Kier molecular flexibility index (Phi) is 3.39. The molecule has 2 heterocycles. The van der Waals surface area contributed by atoms with Gasteiger partial charge in [-0.2, -0.15) is 0 Å². The number of rotatable bonds is 3. The summed E-state index contributed by atoms with van der Waals surface area (Å²) >= 11 is 0. The van der Waals surface area contributed by atoms with Gasteiger partial charge in [-0.25, -0.2) is 4.39 Å². The Morgan fingerprint density at radius 1 is 1.30 bits per heavy atom. The zero-order valence-electron chi connectivity index (χ0n) is 13.2. The van der Waals surface area contributed by atoms with Crippen LogP contribution in [0, 0.1) is 29.5 Å². The summed E-state index contributed by atoms with van der Waals surface area (Å²) in [6.07, 6.45) is 0.990. The minimum Gasteiger partial charge on any atom is -0.341 e. The molecule has 4 rings (SSSR count). The second-order valence-corrected chi connectivity index (χ2v) is 7.28. The smallest absolute Gasteiger partial charge is 0.228 e. The molecule has 3 aliphatic rings. The molecule has 4 nitrogen and oxygen atoms in total. The number of benzene rings is 1.